The van der Waals surface area contributed by atoms with E-state index in [1.807, 2.05) is 0 Å². The first kappa shape index (κ1) is 9.05. The predicted molar refractivity (Wildman–Crippen MR) is 42.5 cm³/mol. The fourth-order valence-corrected chi connectivity index (χ4v) is 1.11. The summed E-state index contributed by atoms with van der Waals surface area (Å²) in [4.78, 5) is 0. The van der Waals surface area contributed by atoms with Crippen molar-refractivity contribution < 1.29 is 17.6 Å². The molecule has 0 unspecified atom stereocenters. The summed E-state index contributed by atoms with van der Waals surface area (Å²) in [6.07, 6.45) is -3.09. The van der Waals surface area contributed by atoms with Gasteiger partial charge in [0.15, 0.2) is 0 Å². The Morgan fingerprint density at radius 2 is 1.79 bits per heavy atom. The first-order valence-corrected chi connectivity index (χ1v) is 3.82. The molecule has 1 aromatic rings. The highest BCUT2D eigenvalue weighted by molar-refractivity contribution is 5.74. The zero-order valence-corrected chi connectivity index (χ0v) is 6.82. The van der Waals surface area contributed by atoms with Crippen molar-refractivity contribution in [3.05, 3.63) is 41.3 Å². The Morgan fingerprint density at radius 3 is 2.29 bits per heavy atom. The van der Waals surface area contributed by atoms with Crippen LogP contribution in [-0.2, 0) is 6.18 Å². The van der Waals surface area contributed by atoms with E-state index in [-0.39, 0.29) is 0 Å². The average Bonchev–Trinajstić information content (AvgIpc) is 2.85. The second kappa shape index (κ2) is 2.73. The van der Waals surface area contributed by atoms with Gasteiger partial charge in [-0.15, -0.1) is 0 Å². The average molecular weight is 203 g/mol. The predicted octanol–water partition coefficient (Wildman–Crippen LogP) is 2.75. The first-order chi connectivity index (χ1) is 6.48. The lowest BCUT2D eigenvalue weighted by atomic mass is 10.1. The molecule has 0 fully saturated rings. The quantitative estimate of drug-likeness (QED) is 0.696. The van der Waals surface area contributed by atoms with Crippen molar-refractivity contribution in [1.82, 2.24) is 5.32 Å². The third-order valence-corrected chi connectivity index (χ3v) is 1.87. The monoisotopic (exact) mass is 203 g/mol. The summed E-state index contributed by atoms with van der Waals surface area (Å²) in [5.41, 5.74) is -0.293. The van der Waals surface area contributed by atoms with Crippen LogP contribution in [0.5, 0.6) is 0 Å². The molecule has 0 aliphatic carbocycles. The van der Waals surface area contributed by atoms with Gasteiger partial charge >= 0.3 is 6.18 Å². The standard InChI is InChI=1S/C9H5F4N/c10-7-2-1-5(8-4-14-8)3-6(7)9(11,12)13/h1-4,14H. The molecule has 5 heteroatoms. The maximum Gasteiger partial charge on any atom is 0.419 e. The smallest absolute Gasteiger partial charge is 0.358 e. The highest BCUT2D eigenvalue weighted by atomic mass is 19.4. The third kappa shape index (κ3) is 1.57. The molecule has 0 bridgehead atoms. The van der Waals surface area contributed by atoms with Gasteiger partial charge in [-0.25, -0.2) is 4.39 Å². The molecule has 1 aliphatic rings. The van der Waals surface area contributed by atoms with E-state index in [2.05, 4.69) is 5.32 Å². The van der Waals surface area contributed by atoms with E-state index in [1.165, 1.54) is 6.07 Å². The van der Waals surface area contributed by atoms with Gasteiger partial charge in [-0.1, -0.05) is 0 Å². The molecule has 2 rings (SSSR count). The van der Waals surface area contributed by atoms with Crippen LogP contribution in [0, 0.1) is 5.82 Å². The van der Waals surface area contributed by atoms with Gasteiger partial charge in [0.05, 0.1) is 11.3 Å². The van der Waals surface area contributed by atoms with E-state index in [1.54, 1.807) is 6.20 Å². The maximum absolute atomic E-state index is 12.8. The van der Waals surface area contributed by atoms with Crippen LogP contribution in [0.1, 0.15) is 11.1 Å². The van der Waals surface area contributed by atoms with Gasteiger partial charge in [0.25, 0.3) is 0 Å². The van der Waals surface area contributed by atoms with E-state index in [4.69, 9.17) is 0 Å². The molecular formula is C9H5F4N. The Kier molecular flexibility index (Phi) is 1.77. The normalized spacial score (nSPS) is 14.7. The van der Waals surface area contributed by atoms with Crippen molar-refractivity contribution in [1.29, 1.82) is 0 Å². The highest BCUT2D eigenvalue weighted by Gasteiger charge is 2.34. The molecule has 14 heavy (non-hydrogen) atoms. The fourth-order valence-electron chi connectivity index (χ4n) is 1.11. The van der Waals surface area contributed by atoms with Crippen LogP contribution < -0.4 is 5.32 Å². The lowest BCUT2D eigenvalue weighted by Crippen LogP contribution is -2.08. The lowest BCUT2D eigenvalue weighted by Gasteiger charge is -2.08. The minimum atomic E-state index is -4.64. The van der Waals surface area contributed by atoms with Gasteiger partial charge in [0, 0.05) is 11.8 Å². The molecule has 1 aliphatic heterocycles. The van der Waals surface area contributed by atoms with Crippen molar-refractivity contribution in [3.8, 4) is 0 Å². The Bertz CT molecular complexity index is 406. The van der Waals surface area contributed by atoms with Gasteiger partial charge in [0.1, 0.15) is 5.82 Å². The van der Waals surface area contributed by atoms with Crippen molar-refractivity contribution in [2.45, 2.75) is 6.18 Å². The molecule has 0 saturated carbocycles. The van der Waals surface area contributed by atoms with Gasteiger partial charge in [-0.3, -0.25) is 0 Å². The molecular weight excluding hydrogens is 198 g/mol. The molecule has 1 heterocycles. The highest BCUT2D eigenvalue weighted by Crippen LogP contribution is 2.33. The Morgan fingerprint density at radius 1 is 1.14 bits per heavy atom. The molecule has 0 amide bonds. The van der Waals surface area contributed by atoms with Crippen molar-refractivity contribution in [2.24, 2.45) is 0 Å². The molecule has 1 aromatic carbocycles. The van der Waals surface area contributed by atoms with Crippen LogP contribution in [0.3, 0.4) is 0 Å². The van der Waals surface area contributed by atoms with Gasteiger partial charge in [-0.2, -0.15) is 13.2 Å². The summed E-state index contributed by atoms with van der Waals surface area (Å²) in [5, 5.41) is 2.65. The summed E-state index contributed by atoms with van der Waals surface area (Å²) < 4.78 is 49.5. The summed E-state index contributed by atoms with van der Waals surface area (Å²) in [6, 6.07) is 2.91. The van der Waals surface area contributed by atoms with Crippen LogP contribution in [0.2, 0.25) is 0 Å². The summed E-state index contributed by atoms with van der Waals surface area (Å²) in [7, 11) is 0. The molecule has 0 saturated heterocycles. The first-order valence-electron chi connectivity index (χ1n) is 3.82. The molecule has 0 atom stereocenters. The van der Waals surface area contributed by atoms with E-state index in [0.717, 1.165) is 12.1 Å². The summed E-state index contributed by atoms with van der Waals surface area (Å²) >= 11 is 0. The second-order valence-electron chi connectivity index (χ2n) is 2.89. The topological polar surface area (TPSA) is 21.9 Å². The fraction of sp³-hybridized carbons (Fsp3) is 0.111. The molecule has 0 spiro atoms. The van der Waals surface area contributed by atoms with Crippen LogP contribution in [0.4, 0.5) is 17.6 Å². The van der Waals surface area contributed by atoms with Gasteiger partial charge in [-0.05, 0) is 18.2 Å². The zero-order chi connectivity index (χ0) is 10.3. The van der Waals surface area contributed by atoms with Crippen molar-refractivity contribution in [3.63, 3.8) is 0 Å². The summed E-state index contributed by atoms with van der Waals surface area (Å²) in [5.74, 6) is -1.25. The molecule has 74 valence electrons. The number of rotatable bonds is 1. The minimum absolute atomic E-state index is 0.346. The summed E-state index contributed by atoms with van der Waals surface area (Å²) in [6.45, 7) is 0. The zero-order valence-electron chi connectivity index (χ0n) is 6.82. The van der Waals surface area contributed by atoms with E-state index in [0.29, 0.717) is 11.3 Å². The van der Waals surface area contributed by atoms with Crippen LogP contribution >= 0.6 is 0 Å². The molecule has 1 N–H and O–H groups in total. The van der Waals surface area contributed by atoms with Crippen LogP contribution in [-0.4, -0.2) is 0 Å². The minimum Gasteiger partial charge on any atom is -0.358 e. The van der Waals surface area contributed by atoms with Gasteiger partial charge in [0.2, 0.25) is 0 Å². The Labute approximate surface area is 77.0 Å². The number of halogens is 4. The number of nitrogens with one attached hydrogen (secondary N) is 1. The lowest BCUT2D eigenvalue weighted by molar-refractivity contribution is -0.140. The van der Waals surface area contributed by atoms with Gasteiger partial charge < -0.3 is 5.32 Å². The Balaban J connectivity index is 2.47. The van der Waals surface area contributed by atoms with Crippen LogP contribution in [0.15, 0.2) is 24.4 Å². The van der Waals surface area contributed by atoms with E-state index in [9.17, 15) is 17.6 Å². The number of hydrogen-bond donors (Lipinski definition) is 1. The molecule has 1 nitrogen and oxygen atoms in total. The van der Waals surface area contributed by atoms with Crippen molar-refractivity contribution in [2.75, 3.05) is 0 Å². The third-order valence-electron chi connectivity index (χ3n) is 1.87. The molecule has 0 radical (unpaired) electrons. The number of hydrogen-bond acceptors (Lipinski definition) is 1. The molecule has 0 aromatic heterocycles. The largest absolute Gasteiger partial charge is 0.419 e. The SMILES string of the molecule is Fc1ccc(C2=CN2)cc1C(F)(F)F. The van der Waals surface area contributed by atoms with Crippen LogP contribution in [0.25, 0.3) is 5.70 Å². The number of alkyl halides is 3. The van der Waals surface area contributed by atoms with E-state index >= 15 is 0 Å². The van der Waals surface area contributed by atoms with E-state index < -0.39 is 17.6 Å². The Hall–Kier alpha value is -1.52. The maximum atomic E-state index is 12.8. The van der Waals surface area contributed by atoms with Crippen molar-refractivity contribution >= 4 is 5.70 Å². The number of benzene rings is 1. The second-order valence-corrected chi connectivity index (χ2v) is 2.89.